The molecule has 0 aliphatic carbocycles. The van der Waals surface area contributed by atoms with Crippen molar-refractivity contribution < 1.29 is 4.42 Å². The van der Waals surface area contributed by atoms with Crippen LogP contribution in [0.5, 0.6) is 0 Å². The zero-order valence-electron chi connectivity index (χ0n) is 39.8. The molecule has 2 aliphatic heterocycles. The monoisotopic (exact) mass is 836 g/mol. The van der Waals surface area contributed by atoms with Crippen LogP contribution in [0.2, 0.25) is 0 Å². The topological polar surface area (TPSA) is 19.6 Å². The van der Waals surface area contributed by atoms with E-state index in [0.29, 0.717) is 0 Å². The van der Waals surface area contributed by atoms with Gasteiger partial charge in [0.2, 0.25) is 5.88 Å². The van der Waals surface area contributed by atoms with Crippen LogP contribution in [0.3, 0.4) is 0 Å². The van der Waals surface area contributed by atoms with Crippen LogP contribution in [0, 0.1) is 0 Å². The molecule has 0 saturated heterocycles. The molecule has 1 aromatic heterocycles. The maximum Gasteiger partial charge on any atom is 0.257 e. The summed E-state index contributed by atoms with van der Waals surface area (Å²) in [7, 11) is 0. The molecule has 2 aliphatic rings. The van der Waals surface area contributed by atoms with Gasteiger partial charge in [-0.25, -0.2) is 0 Å². The van der Waals surface area contributed by atoms with Crippen molar-refractivity contribution in [3.05, 3.63) is 174 Å². The number of furan rings is 1. The van der Waals surface area contributed by atoms with Crippen LogP contribution >= 0.6 is 0 Å². The van der Waals surface area contributed by atoms with Gasteiger partial charge in [-0.2, -0.15) is 0 Å². The maximum atomic E-state index is 7.27. The van der Waals surface area contributed by atoms with Crippen LogP contribution in [-0.2, 0) is 21.7 Å². The lowest BCUT2D eigenvalue weighted by Gasteiger charge is -2.43. The quantitative estimate of drug-likeness (QED) is 0.165. The highest BCUT2D eigenvalue weighted by Crippen LogP contribution is 2.49. The minimum Gasteiger partial charge on any atom is -0.440 e. The predicted octanol–water partition coefficient (Wildman–Crippen LogP) is 15.0. The lowest BCUT2D eigenvalue weighted by molar-refractivity contribution is 0.589. The van der Waals surface area contributed by atoms with Crippen molar-refractivity contribution in [2.45, 2.75) is 105 Å². The second kappa shape index (κ2) is 14.6. The normalized spacial score (nSPS) is 13.8. The molecule has 0 atom stereocenters. The molecule has 3 heterocycles. The summed E-state index contributed by atoms with van der Waals surface area (Å²) in [6.45, 7) is 27.5. The lowest BCUT2D eigenvalue weighted by Crippen LogP contribution is -2.61. The van der Waals surface area contributed by atoms with Gasteiger partial charge < -0.3 is 9.32 Å². The van der Waals surface area contributed by atoms with Gasteiger partial charge in [-0.3, -0.25) is 4.90 Å². The lowest BCUT2D eigenvalue weighted by atomic mass is 9.33. The number of hydrogen-bond acceptors (Lipinski definition) is 3. The zero-order valence-corrected chi connectivity index (χ0v) is 39.8. The van der Waals surface area contributed by atoms with Crippen LogP contribution in [0.25, 0.3) is 33.2 Å². The van der Waals surface area contributed by atoms with Crippen LogP contribution in [0.15, 0.2) is 156 Å². The van der Waals surface area contributed by atoms with Crippen LogP contribution in [-0.4, -0.2) is 6.71 Å². The van der Waals surface area contributed by atoms with Crippen molar-refractivity contribution in [1.29, 1.82) is 0 Å². The molecule has 0 radical (unpaired) electrons. The van der Waals surface area contributed by atoms with Crippen LogP contribution in [0.4, 0.5) is 34.3 Å². The van der Waals surface area contributed by atoms with E-state index in [1.807, 2.05) is 0 Å². The highest BCUT2D eigenvalue weighted by atomic mass is 16.4. The Morgan fingerprint density at radius 2 is 0.828 bits per heavy atom. The van der Waals surface area contributed by atoms with Gasteiger partial charge in [-0.15, -0.1) is 0 Å². The Kier molecular flexibility index (Phi) is 9.55. The Bertz CT molecular complexity index is 3060. The van der Waals surface area contributed by atoms with E-state index >= 15 is 0 Å². The summed E-state index contributed by atoms with van der Waals surface area (Å²) in [6, 6.07) is 57.2. The van der Waals surface area contributed by atoms with Crippen molar-refractivity contribution >= 4 is 68.4 Å². The Hall–Kier alpha value is -6.26. The summed E-state index contributed by atoms with van der Waals surface area (Å²) < 4.78 is 7.27. The largest absolute Gasteiger partial charge is 0.440 e. The molecule has 0 saturated carbocycles. The average Bonchev–Trinajstić information content (AvgIpc) is 3.64. The molecule has 0 fully saturated rings. The fourth-order valence-corrected chi connectivity index (χ4v) is 9.86. The molecule has 4 heteroatoms. The third kappa shape index (κ3) is 7.07. The minimum absolute atomic E-state index is 0.0158. The summed E-state index contributed by atoms with van der Waals surface area (Å²) in [5.41, 5.74) is 20.4. The molecule has 320 valence electrons. The van der Waals surface area contributed by atoms with Gasteiger partial charge in [0.1, 0.15) is 5.58 Å². The van der Waals surface area contributed by atoms with E-state index in [0.717, 1.165) is 34.1 Å². The van der Waals surface area contributed by atoms with Gasteiger partial charge >= 0.3 is 0 Å². The SMILES string of the molecule is CC(C)(C)c1ccc(N2c3ccc(C(C)(C)C)cc3B3c4c2cc(-c2ccc(-c5ccccc5)cc2)cc4N(c2ccc(C(C)(C)C)cc2)c2oc4ccc(C(C)(C)C)cc4c23)cc1. The number of benzene rings is 7. The molecule has 0 N–H and O–H groups in total. The maximum absolute atomic E-state index is 7.27. The van der Waals surface area contributed by atoms with E-state index in [1.165, 1.54) is 72.1 Å². The first-order valence-electron chi connectivity index (χ1n) is 23.1. The molecule has 3 nitrogen and oxygen atoms in total. The zero-order chi connectivity index (χ0) is 45.1. The number of nitrogens with zero attached hydrogens (tertiary/aromatic N) is 2. The molecule has 8 aromatic rings. The second-order valence-corrected chi connectivity index (χ2v) is 22.4. The Labute approximate surface area is 381 Å². The third-order valence-corrected chi connectivity index (χ3v) is 13.7. The first-order chi connectivity index (χ1) is 30.3. The molecule has 0 amide bonds. The summed E-state index contributed by atoms with van der Waals surface area (Å²) in [5.74, 6) is 0.889. The van der Waals surface area contributed by atoms with E-state index in [9.17, 15) is 0 Å². The van der Waals surface area contributed by atoms with Gasteiger partial charge in [-0.05, 0) is 132 Å². The van der Waals surface area contributed by atoms with Crippen molar-refractivity contribution in [2.24, 2.45) is 0 Å². The average molecular weight is 837 g/mol. The van der Waals surface area contributed by atoms with Crippen molar-refractivity contribution in [2.75, 3.05) is 9.80 Å². The summed E-state index contributed by atoms with van der Waals surface area (Å²) in [4.78, 5) is 4.97. The molecule has 0 bridgehead atoms. The van der Waals surface area contributed by atoms with E-state index < -0.39 is 0 Å². The second-order valence-electron chi connectivity index (χ2n) is 22.4. The highest BCUT2D eigenvalue weighted by Gasteiger charge is 2.47. The van der Waals surface area contributed by atoms with E-state index in [2.05, 4.69) is 245 Å². The van der Waals surface area contributed by atoms with Gasteiger partial charge in [0, 0.05) is 39.3 Å². The van der Waals surface area contributed by atoms with Gasteiger partial charge in [0.15, 0.2) is 0 Å². The fourth-order valence-electron chi connectivity index (χ4n) is 9.86. The molecule has 0 spiro atoms. The summed E-state index contributed by atoms with van der Waals surface area (Å²) in [6.07, 6.45) is 0. The first-order valence-corrected chi connectivity index (χ1v) is 23.1. The van der Waals surface area contributed by atoms with Crippen molar-refractivity contribution in [1.82, 2.24) is 0 Å². The van der Waals surface area contributed by atoms with Gasteiger partial charge in [0.05, 0.1) is 0 Å². The predicted molar refractivity (Wildman–Crippen MR) is 276 cm³/mol. The third-order valence-electron chi connectivity index (χ3n) is 13.7. The van der Waals surface area contributed by atoms with Gasteiger partial charge in [-0.1, -0.05) is 180 Å². The summed E-state index contributed by atoms with van der Waals surface area (Å²) in [5, 5.41) is 1.18. The Morgan fingerprint density at radius 3 is 1.38 bits per heavy atom. The smallest absolute Gasteiger partial charge is 0.257 e. The fraction of sp³-hybridized carbons (Fsp3) is 0.267. The number of hydrogen-bond donors (Lipinski definition) is 0. The highest BCUT2D eigenvalue weighted by molar-refractivity contribution is 7.01. The van der Waals surface area contributed by atoms with Crippen LogP contribution < -0.4 is 26.2 Å². The summed E-state index contributed by atoms with van der Waals surface area (Å²) >= 11 is 0. The number of rotatable bonds is 4. The van der Waals surface area contributed by atoms with Crippen molar-refractivity contribution in [3.8, 4) is 22.3 Å². The minimum atomic E-state index is -0.0847. The number of fused-ring (bicyclic) bond motifs is 6. The first kappa shape index (κ1) is 41.7. The molecule has 0 unspecified atom stereocenters. The van der Waals surface area contributed by atoms with E-state index in [-0.39, 0.29) is 28.4 Å². The Balaban J connectivity index is 1.32. The Morgan fingerprint density at radius 1 is 0.375 bits per heavy atom. The van der Waals surface area contributed by atoms with E-state index in [4.69, 9.17) is 4.42 Å². The number of anilines is 6. The molecule has 64 heavy (non-hydrogen) atoms. The molecule has 10 rings (SSSR count). The molecular formula is C60H61BN2O. The van der Waals surface area contributed by atoms with Crippen LogP contribution in [0.1, 0.15) is 105 Å². The standard InChI is InChI=1S/C60H61BN2O/c1-57(2,3)42-22-28-46(29-23-42)62-50-32-26-45(60(10,11)12)37-49(50)61-54-48-36-44(59(7,8)9)27-33-53(48)64-56(54)63(47-30-24-43(25-31-47)58(4,5)6)52-35-41(34-51(62)55(52)61)40-20-18-39(19-21-40)38-16-14-13-15-17-38/h13-37H,1-12H3. The van der Waals surface area contributed by atoms with Crippen molar-refractivity contribution in [3.63, 3.8) is 0 Å². The molecular weight excluding hydrogens is 775 g/mol. The molecule has 7 aromatic carbocycles. The van der Waals surface area contributed by atoms with E-state index in [1.54, 1.807) is 0 Å². The van der Waals surface area contributed by atoms with Gasteiger partial charge in [0.25, 0.3) is 6.71 Å².